The number of hydrogen-bond acceptors (Lipinski definition) is 8. The van der Waals surface area contributed by atoms with E-state index in [1.807, 2.05) is 20.8 Å². The summed E-state index contributed by atoms with van der Waals surface area (Å²) >= 11 is 7.52. The number of nitrogens with zero attached hydrogens (tertiary/aromatic N) is 3. The number of H-pyrrole nitrogens is 1. The number of halogens is 1. The standard InChI is InChI=1S/C20H28ClN5O4S/c1-5-12-16(21)25-17(22-12)18(27)23-13-8-9-26(10-14(13)29-6-2)20-24-15(11(4)31-20)19(28)30-7-3/h13-14H,5-10H2,1-4H3,(H,22,25)(H,23,27). The van der Waals surface area contributed by atoms with Crippen LogP contribution in [0.4, 0.5) is 5.13 Å². The van der Waals surface area contributed by atoms with Gasteiger partial charge in [-0.2, -0.15) is 0 Å². The maximum Gasteiger partial charge on any atom is 0.358 e. The molecule has 1 aliphatic rings. The first-order chi connectivity index (χ1) is 14.9. The molecule has 2 N–H and O–H groups in total. The van der Waals surface area contributed by atoms with Crippen LogP contribution in [0.2, 0.25) is 5.15 Å². The summed E-state index contributed by atoms with van der Waals surface area (Å²) < 4.78 is 11.0. The minimum Gasteiger partial charge on any atom is -0.461 e. The molecule has 11 heteroatoms. The summed E-state index contributed by atoms with van der Waals surface area (Å²) in [7, 11) is 0. The number of thiazole rings is 1. The number of hydrogen-bond donors (Lipinski definition) is 2. The maximum atomic E-state index is 12.7. The second-order valence-electron chi connectivity index (χ2n) is 7.14. The number of piperidine rings is 1. The van der Waals surface area contributed by atoms with Crippen LogP contribution in [-0.4, -0.2) is 65.3 Å². The van der Waals surface area contributed by atoms with Crippen molar-refractivity contribution in [1.82, 2.24) is 20.3 Å². The molecule has 0 spiro atoms. The maximum absolute atomic E-state index is 12.7. The number of nitrogens with one attached hydrogen (secondary N) is 2. The predicted molar refractivity (Wildman–Crippen MR) is 119 cm³/mol. The zero-order valence-electron chi connectivity index (χ0n) is 18.2. The molecule has 1 amide bonds. The van der Waals surface area contributed by atoms with Crippen LogP contribution >= 0.6 is 22.9 Å². The van der Waals surface area contributed by atoms with Gasteiger partial charge in [0.05, 0.1) is 24.4 Å². The van der Waals surface area contributed by atoms with Gasteiger partial charge in [0.25, 0.3) is 5.91 Å². The quantitative estimate of drug-likeness (QED) is 0.572. The van der Waals surface area contributed by atoms with Gasteiger partial charge in [0.1, 0.15) is 0 Å². The zero-order chi connectivity index (χ0) is 22.5. The lowest BCUT2D eigenvalue weighted by molar-refractivity contribution is 0.0271. The molecule has 2 aromatic rings. The molecule has 0 radical (unpaired) electrons. The van der Waals surface area contributed by atoms with Crippen molar-refractivity contribution in [1.29, 1.82) is 0 Å². The largest absolute Gasteiger partial charge is 0.461 e. The highest BCUT2D eigenvalue weighted by Crippen LogP contribution is 2.29. The number of carbonyl (C=O) groups is 2. The van der Waals surface area contributed by atoms with E-state index in [9.17, 15) is 9.59 Å². The van der Waals surface area contributed by atoms with Gasteiger partial charge in [-0.05, 0) is 33.6 Å². The molecule has 31 heavy (non-hydrogen) atoms. The van der Waals surface area contributed by atoms with Crippen LogP contribution in [-0.2, 0) is 15.9 Å². The summed E-state index contributed by atoms with van der Waals surface area (Å²) in [5.41, 5.74) is 1.09. The topological polar surface area (TPSA) is 109 Å². The fourth-order valence-electron chi connectivity index (χ4n) is 3.51. The van der Waals surface area contributed by atoms with Crippen molar-refractivity contribution >= 4 is 39.9 Å². The van der Waals surface area contributed by atoms with Gasteiger partial charge >= 0.3 is 5.97 Å². The number of esters is 1. The molecular formula is C20H28ClN5O4S. The second kappa shape index (κ2) is 10.4. The molecule has 1 aliphatic heterocycles. The number of aromatic nitrogens is 3. The molecule has 2 atom stereocenters. The summed E-state index contributed by atoms with van der Waals surface area (Å²) in [5.74, 6) is -0.511. The normalized spacial score (nSPS) is 18.8. The van der Waals surface area contributed by atoms with Crippen molar-refractivity contribution in [2.24, 2.45) is 0 Å². The Morgan fingerprint density at radius 3 is 2.71 bits per heavy atom. The van der Waals surface area contributed by atoms with Crippen molar-refractivity contribution < 1.29 is 19.1 Å². The molecule has 9 nitrogen and oxygen atoms in total. The highest BCUT2D eigenvalue weighted by molar-refractivity contribution is 7.15. The van der Waals surface area contributed by atoms with Crippen molar-refractivity contribution in [2.45, 2.75) is 52.7 Å². The summed E-state index contributed by atoms with van der Waals surface area (Å²) in [6.45, 7) is 9.53. The van der Waals surface area contributed by atoms with Crippen LogP contribution in [0.15, 0.2) is 0 Å². The Bertz CT molecular complexity index is 931. The van der Waals surface area contributed by atoms with Gasteiger partial charge in [-0.1, -0.05) is 18.5 Å². The van der Waals surface area contributed by atoms with Crippen LogP contribution in [0, 0.1) is 6.92 Å². The van der Waals surface area contributed by atoms with E-state index in [-0.39, 0.29) is 23.9 Å². The van der Waals surface area contributed by atoms with Crippen LogP contribution in [0.25, 0.3) is 0 Å². The third-order valence-electron chi connectivity index (χ3n) is 5.08. The monoisotopic (exact) mass is 469 g/mol. The average molecular weight is 470 g/mol. The minimum absolute atomic E-state index is 0.178. The van der Waals surface area contributed by atoms with Gasteiger partial charge < -0.3 is 24.7 Å². The number of rotatable bonds is 8. The van der Waals surface area contributed by atoms with Crippen LogP contribution in [0.1, 0.15) is 58.9 Å². The highest BCUT2D eigenvalue weighted by atomic mass is 35.5. The van der Waals surface area contributed by atoms with Gasteiger partial charge in [-0.15, -0.1) is 11.3 Å². The lowest BCUT2D eigenvalue weighted by Gasteiger charge is -2.38. The minimum atomic E-state index is -0.408. The van der Waals surface area contributed by atoms with E-state index in [0.29, 0.717) is 50.0 Å². The SMILES string of the molecule is CCOC(=O)c1nc(N2CCC(NC(=O)c3nc(Cl)c(CC)[nH]3)C(OCC)C2)sc1C. The number of amides is 1. The molecule has 1 fully saturated rings. The molecule has 1 saturated heterocycles. The first-order valence-corrected chi connectivity index (χ1v) is 11.6. The van der Waals surface area contributed by atoms with Gasteiger partial charge in [0, 0.05) is 24.6 Å². The third-order valence-corrected chi connectivity index (χ3v) is 6.42. The highest BCUT2D eigenvalue weighted by Gasteiger charge is 2.33. The van der Waals surface area contributed by atoms with Gasteiger partial charge in [0.2, 0.25) is 0 Å². The van der Waals surface area contributed by atoms with Crippen molar-refractivity contribution in [3.05, 3.63) is 27.2 Å². The molecule has 3 heterocycles. The lowest BCUT2D eigenvalue weighted by Crippen LogP contribution is -2.55. The number of imidazole rings is 1. The van der Waals surface area contributed by atoms with E-state index in [2.05, 4.69) is 25.2 Å². The first-order valence-electron chi connectivity index (χ1n) is 10.4. The van der Waals surface area contributed by atoms with Crippen molar-refractivity contribution in [3.63, 3.8) is 0 Å². The van der Waals surface area contributed by atoms with E-state index in [0.717, 1.165) is 15.7 Å². The van der Waals surface area contributed by atoms with Gasteiger partial charge in [-0.3, -0.25) is 4.79 Å². The Hall–Kier alpha value is -2.17. The Labute approximate surface area is 190 Å². The molecule has 3 rings (SSSR count). The van der Waals surface area contributed by atoms with E-state index in [1.165, 1.54) is 11.3 Å². The Morgan fingerprint density at radius 1 is 1.29 bits per heavy atom. The number of anilines is 1. The zero-order valence-corrected chi connectivity index (χ0v) is 19.7. The molecule has 0 bridgehead atoms. The third kappa shape index (κ3) is 5.36. The summed E-state index contributed by atoms with van der Waals surface area (Å²) in [6.07, 6.45) is 1.10. The number of aromatic amines is 1. The first kappa shape index (κ1) is 23.5. The average Bonchev–Trinajstić information content (AvgIpc) is 3.32. The summed E-state index contributed by atoms with van der Waals surface area (Å²) in [5, 5.41) is 4.09. The molecule has 2 aromatic heterocycles. The fourth-order valence-corrected chi connectivity index (χ4v) is 4.71. The van der Waals surface area contributed by atoms with E-state index >= 15 is 0 Å². The number of aryl methyl sites for hydroxylation is 2. The summed E-state index contributed by atoms with van der Waals surface area (Å²) in [6, 6.07) is -0.178. The molecule has 2 unspecified atom stereocenters. The molecule has 0 aromatic carbocycles. The van der Waals surface area contributed by atoms with E-state index in [4.69, 9.17) is 21.1 Å². The van der Waals surface area contributed by atoms with Crippen molar-refractivity contribution in [3.8, 4) is 0 Å². The van der Waals surface area contributed by atoms with Crippen LogP contribution in [0.5, 0.6) is 0 Å². The Balaban J connectivity index is 1.69. The van der Waals surface area contributed by atoms with E-state index in [1.54, 1.807) is 6.92 Å². The smallest absolute Gasteiger partial charge is 0.358 e. The Kier molecular flexibility index (Phi) is 7.90. The molecular weight excluding hydrogens is 442 g/mol. The van der Waals surface area contributed by atoms with Crippen molar-refractivity contribution in [2.75, 3.05) is 31.2 Å². The van der Waals surface area contributed by atoms with Gasteiger partial charge in [0.15, 0.2) is 21.8 Å². The number of ether oxygens (including phenoxy) is 2. The summed E-state index contributed by atoms with van der Waals surface area (Å²) in [4.78, 5) is 39.3. The molecule has 0 aliphatic carbocycles. The molecule has 0 saturated carbocycles. The lowest BCUT2D eigenvalue weighted by atomic mass is 10.0. The van der Waals surface area contributed by atoms with Crippen LogP contribution in [0.3, 0.4) is 0 Å². The Morgan fingerprint density at radius 2 is 2.06 bits per heavy atom. The van der Waals surface area contributed by atoms with Crippen LogP contribution < -0.4 is 10.2 Å². The fraction of sp³-hybridized carbons (Fsp3) is 0.600. The number of carbonyl (C=O) groups excluding carboxylic acids is 2. The molecule has 170 valence electrons. The predicted octanol–water partition coefficient (Wildman–Crippen LogP) is 2.98. The van der Waals surface area contributed by atoms with Gasteiger partial charge in [-0.25, -0.2) is 14.8 Å². The second-order valence-corrected chi connectivity index (χ2v) is 8.68. The van der Waals surface area contributed by atoms with E-state index < -0.39 is 5.97 Å².